The molecule has 2 saturated heterocycles. The molecule has 0 radical (unpaired) electrons. The van der Waals surface area contributed by atoms with Gasteiger partial charge in [0.1, 0.15) is 5.69 Å². The lowest BCUT2D eigenvalue weighted by molar-refractivity contribution is 0.0634. The molecule has 214 valence electrons. The highest BCUT2D eigenvalue weighted by atomic mass is 16.2. The standard InChI is InChI=1S/C36H38N4O2/c1-26-8-2-4-10-32(26)27-12-14-28(15-13-27)35(41)40-25-31-16-17-34(39(31)24-29-9-3-5-11-33(29)40)36(42)38-22-18-30(19-23-38)37-20-6-7-21-37/h2-5,8-17,30H,6-7,18-25H2,1H3. The van der Waals surface area contributed by atoms with Crippen LogP contribution in [0.15, 0.2) is 84.9 Å². The van der Waals surface area contributed by atoms with Gasteiger partial charge in [-0.25, -0.2) is 0 Å². The quantitative estimate of drug-likeness (QED) is 0.292. The van der Waals surface area contributed by atoms with Gasteiger partial charge in [-0.15, -0.1) is 0 Å². The van der Waals surface area contributed by atoms with Gasteiger partial charge in [0.05, 0.1) is 13.1 Å². The van der Waals surface area contributed by atoms with E-state index in [4.69, 9.17) is 0 Å². The highest BCUT2D eigenvalue weighted by Crippen LogP contribution is 2.32. The van der Waals surface area contributed by atoms with Crippen molar-refractivity contribution in [2.45, 2.75) is 51.7 Å². The number of aromatic nitrogens is 1. The summed E-state index contributed by atoms with van der Waals surface area (Å²) in [6.45, 7) is 7.11. The highest BCUT2D eigenvalue weighted by molar-refractivity contribution is 6.07. The molecule has 4 aromatic rings. The average molecular weight is 559 g/mol. The minimum absolute atomic E-state index is 0.0368. The molecule has 3 aromatic carbocycles. The lowest BCUT2D eigenvalue weighted by Gasteiger charge is -2.36. The number of hydrogen-bond donors (Lipinski definition) is 0. The average Bonchev–Trinajstić information content (AvgIpc) is 3.68. The summed E-state index contributed by atoms with van der Waals surface area (Å²) in [5.41, 5.74) is 7.77. The highest BCUT2D eigenvalue weighted by Gasteiger charge is 2.32. The van der Waals surface area contributed by atoms with E-state index >= 15 is 0 Å². The van der Waals surface area contributed by atoms with Gasteiger partial charge in [-0.1, -0.05) is 54.6 Å². The molecule has 7 rings (SSSR count). The number of fused-ring (bicyclic) bond motifs is 2. The van der Waals surface area contributed by atoms with E-state index in [2.05, 4.69) is 34.6 Å². The summed E-state index contributed by atoms with van der Waals surface area (Å²) in [7, 11) is 0. The molecule has 0 bridgehead atoms. The minimum Gasteiger partial charge on any atom is -0.337 e. The van der Waals surface area contributed by atoms with Crippen molar-refractivity contribution in [2.75, 3.05) is 31.1 Å². The van der Waals surface area contributed by atoms with Crippen LogP contribution in [0, 0.1) is 6.92 Å². The molecule has 6 nitrogen and oxygen atoms in total. The normalized spacial score (nSPS) is 17.5. The topological polar surface area (TPSA) is 48.8 Å². The molecule has 42 heavy (non-hydrogen) atoms. The van der Waals surface area contributed by atoms with Gasteiger partial charge in [0.15, 0.2) is 0 Å². The van der Waals surface area contributed by atoms with Crippen LogP contribution in [0.4, 0.5) is 5.69 Å². The van der Waals surface area contributed by atoms with E-state index in [1.165, 1.54) is 37.1 Å². The third-order valence-electron chi connectivity index (χ3n) is 9.46. The van der Waals surface area contributed by atoms with Gasteiger partial charge < -0.3 is 19.3 Å². The van der Waals surface area contributed by atoms with E-state index in [0.29, 0.717) is 24.7 Å². The summed E-state index contributed by atoms with van der Waals surface area (Å²) >= 11 is 0. The number of piperidine rings is 1. The number of carbonyl (C=O) groups is 2. The molecular weight excluding hydrogens is 520 g/mol. The number of likely N-dealkylation sites (tertiary alicyclic amines) is 2. The van der Waals surface area contributed by atoms with Crippen molar-refractivity contribution >= 4 is 17.5 Å². The zero-order valence-corrected chi connectivity index (χ0v) is 24.3. The first kappa shape index (κ1) is 26.7. The van der Waals surface area contributed by atoms with Gasteiger partial charge in [-0.2, -0.15) is 0 Å². The van der Waals surface area contributed by atoms with Crippen molar-refractivity contribution in [3.63, 3.8) is 0 Å². The monoisotopic (exact) mass is 558 g/mol. The summed E-state index contributed by atoms with van der Waals surface area (Å²) < 4.78 is 2.13. The molecule has 0 spiro atoms. The minimum atomic E-state index is -0.0368. The van der Waals surface area contributed by atoms with Crippen molar-refractivity contribution < 1.29 is 9.59 Å². The number of carbonyl (C=O) groups excluding carboxylic acids is 2. The van der Waals surface area contributed by atoms with Gasteiger partial charge >= 0.3 is 0 Å². The van der Waals surface area contributed by atoms with Gasteiger partial charge in [0.25, 0.3) is 11.8 Å². The molecule has 3 aliphatic heterocycles. The lowest BCUT2D eigenvalue weighted by Crippen LogP contribution is -2.46. The van der Waals surface area contributed by atoms with Gasteiger partial charge in [-0.3, -0.25) is 9.59 Å². The Kier molecular flexibility index (Phi) is 7.16. The largest absolute Gasteiger partial charge is 0.337 e. The first-order chi connectivity index (χ1) is 20.6. The molecule has 0 saturated carbocycles. The van der Waals surface area contributed by atoms with Crippen LogP contribution in [0.2, 0.25) is 0 Å². The van der Waals surface area contributed by atoms with Crippen LogP contribution in [0.5, 0.6) is 0 Å². The van der Waals surface area contributed by atoms with Crippen molar-refractivity contribution in [3.8, 4) is 11.1 Å². The Labute approximate surface area is 248 Å². The second kappa shape index (κ2) is 11.3. The fraction of sp³-hybridized carbons (Fsp3) is 0.333. The summed E-state index contributed by atoms with van der Waals surface area (Å²) in [6, 6.07) is 28.9. The fourth-order valence-electron chi connectivity index (χ4n) is 7.08. The van der Waals surface area contributed by atoms with E-state index in [1.807, 2.05) is 76.5 Å². The first-order valence-electron chi connectivity index (χ1n) is 15.3. The number of benzene rings is 3. The van der Waals surface area contributed by atoms with Crippen molar-refractivity contribution in [1.29, 1.82) is 0 Å². The third kappa shape index (κ3) is 4.94. The Hall–Kier alpha value is -4.16. The predicted octanol–water partition coefficient (Wildman–Crippen LogP) is 6.37. The van der Waals surface area contributed by atoms with Crippen LogP contribution < -0.4 is 4.90 Å². The molecule has 0 unspecified atom stereocenters. The number of anilines is 1. The lowest BCUT2D eigenvalue weighted by atomic mass is 9.99. The smallest absolute Gasteiger partial charge is 0.270 e. The van der Waals surface area contributed by atoms with Crippen LogP contribution in [-0.2, 0) is 13.1 Å². The van der Waals surface area contributed by atoms with Crippen LogP contribution in [-0.4, -0.2) is 58.4 Å². The molecule has 2 fully saturated rings. The third-order valence-corrected chi connectivity index (χ3v) is 9.46. The SMILES string of the molecule is Cc1ccccc1-c1ccc(C(=O)N2Cc3ccc(C(=O)N4CCC(N5CCCC5)CC4)n3Cc3ccccc32)cc1. The van der Waals surface area contributed by atoms with E-state index in [-0.39, 0.29) is 11.8 Å². The van der Waals surface area contributed by atoms with Crippen LogP contribution in [0.1, 0.15) is 63.4 Å². The van der Waals surface area contributed by atoms with Gasteiger partial charge in [0.2, 0.25) is 0 Å². The Morgan fingerprint density at radius 2 is 1.43 bits per heavy atom. The van der Waals surface area contributed by atoms with E-state index in [0.717, 1.165) is 54.1 Å². The number of hydrogen-bond acceptors (Lipinski definition) is 3. The molecule has 6 heteroatoms. The number of aryl methyl sites for hydroxylation is 1. The van der Waals surface area contributed by atoms with E-state index < -0.39 is 0 Å². The maximum absolute atomic E-state index is 14.0. The van der Waals surface area contributed by atoms with Crippen LogP contribution in [0.25, 0.3) is 11.1 Å². The molecule has 4 heterocycles. The Morgan fingerprint density at radius 3 is 2.19 bits per heavy atom. The van der Waals surface area contributed by atoms with Crippen molar-refractivity contribution in [1.82, 2.24) is 14.4 Å². The zero-order valence-electron chi connectivity index (χ0n) is 24.3. The van der Waals surface area contributed by atoms with Crippen molar-refractivity contribution in [2.24, 2.45) is 0 Å². The summed E-state index contributed by atoms with van der Waals surface area (Å²) in [6.07, 6.45) is 4.70. The second-order valence-corrected chi connectivity index (χ2v) is 12.0. The molecular formula is C36H38N4O2. The molecule has 0 N–H and O–H groups in total. The number of para-hydroxylation sites is 1. The molecule has 2 amide bonds. The maximum Gasteiger partial charge on any atom is 0.270 e. The second-order valence-electron chi connectivity index (χ2n) is 12.0. The summed E-state index contributed by atoms with van der Waals surface area (Å²) in [4.78, 5) is 34.3. The first-order valence-corrected chi connectivity index (χ1v) is 15.3. The molecule has 0 aliphatic carbocycles. The predicted molar refractivity (Wildman–Crippen MR) is 167 cm³/mol. The van der Waals surface area contributed by atoms with Gasteiger partial charge in [-0.05, 0) is 98.3 Å². The number of rotatable bonds is 4. The van der Waals surface area contributed by atoms with E-state index in [9.17, 15) is 9.59 Å². The summed E-state index contributed by atoms with van der Waals surface area (Å²) in [5.74, 6) is 0.0652. The van der Waals surface area contributed by atoms with E-state index in [1.54, 1.807) is 0 Å². The molecule has 3 aliphatic rings. The number of amides is 2. The Bertz CT molecular complexity index is 1610. The van der Waals surface area contributed by atoms with Crippen LogP contribution in [0.3, 0.4) is 0 Å². The zero-order chi connectivity index (χ0) is 28.6. The fourth-order valence-corrected chi connectivity index (χ4v) is 7.08. The van der Waals surface area contributed by atoms with Crippen LogP contribution >= 0.6 is 0 Å². The van der Waals surface area contributed by atoms with Gasteiger partial charge in [0, 0.05) is 36.1 Å². The Morgan fingerprint density at radius 1 is 0.714 bits per heavy atom. The molecule has 0 atom stereocenters. The summed E-state index contributed by atoms with van der Waals surface area (Å²) in [5, 5.41) is 0. The maximum atomic E-state index is 14.0. The Balaban J connectivity index is 1.13. The molecule has 1 aromatic heterocycles. The number of nitrogens with zero attached hydrogens (tertiary/aromatic N) is 4. The van der Waals surface area contributed by atoms with Crippen molar-refractivity contribution in [3.05, 3.63) is 113 Å².